The van der Waals surface area contributed by atoms with Crippen molar-refractivity contribution in [2.45, 2.75) is 19.4 Å². The van der Waals surface area contributed by atoms with E-state index in [0.29, 0.717) is 54.4 Å². The lowest BCUT2D eigenvalue weighted by atomic mass is 9.98. The Morgan fingerprint density at radius 1 is 0.861 bits per heavy atom. The monoisotopic (exact) mass is 514 g/mol. The number of rotatable bonds is 3. The van der Waals surface area contributed by atoms with Crippen LogP contribution in [0.3, 0.4) is 0 Å². The first-order chi connectivity index (χ1) is 17.1. The summed E-state index contributed by atoms with van der Waals surface area (Å²) in [4.78, 5) is 26.8. The first-order valence-electron chi connectivity index (χ1n) is 11.4. The Balaban J connectivity index is 0.000000187. The summed E-state index contributed by atoms with van der Waals surface area (Å²) in [5, 5.41) is 10.1. The Hall–Kier alpha value is -3.65. The molecule has 0 bridgehead atoms. The van der Waals surface area contributed by atoms with E-state index in [1.807, 2.05) is 12.1 Å². The van der Waals surface area contributed by atoms with Gasteiger partial charge in [0, 0.05) is 66.6 Å². The fraction of sp³-hybridized carbons (Fsp3) is 0.259. The van der Waals surface area contributed by atoms with Crippen LogP contribution < -0.4 is 4.74 Å². The molecule has 2 heterocycles. The maximum absolute atomic E-state index is 13.8. The van der Waals surface area contributed by atoms with Crippen molar-refractivity contribution in [1.82, 2.24) is 9.80 Å². The van der Waals surface area contributed by atoms with Crippen molar-refractivity contribution in [3.05, 3.63) is 93.0 Å². The zero-order chi connectivity index (χ0) is 26.0. The number of amides is 2. The number of likely N-dealkylation sites (N-methyl/N-ethyl adjacent to an activating group) is 2. The van der Waals surface area contributed by atoms with Crippen molar-refractivity contribution in [2.24, 2.45) is 0 Å². The highest BCUT2D eigenvalue weighted by molar-refractivity contribution is 6.30. The van der Waals surface area contributed by atoms with Gasteiger partial charge in [-0.15, -0.1) is 0 Å². The minimum Gasteiger partial charge on any atom is -0.508 e. The Morgan fingerprint density at radius 2 is 1.39 bits per heavy atom. The molecule has 0 atom stereocenters. The van der Waals surface area contributed by atoms with E-state index in [2.05, 4.69) is 0 Å². The van der Waals surface area contributed by atoms with Gasteiger partial charge in [-0.1, -0.05) is 23.7 Å². The summed E-state index contributed by atoms with van der Waals surface area (Å²) in [6.45, 7) is 1.47. The van der Waals surface area contributed by atoms with Crippen molar-refractivity contribution in [2.75, 3.05) is 27.2 Å². The molecule has 3 aromatic rings. The topological polar surface area (TPSA) is 70.1 Å². The second-order valence-corrected chi connectivity index (χ2v) is 9.19. The summed E-state index contributed by atoms with van der Waals surface area (Å²) in [7, 11) is 3.37. The summed E-state index contributed by atoms with van der Waals surface area (Å²) in [5.74, 6) is -1.13. The van der Waals surface area contributed by atoms with Crippen LogP contribution in [-0.4, -0.2) is 53.9 Å². The van der Waals surface area contributed by atoms with Gasteiger partial charge in [0.1, 0.15) is 29.7 Å². The number of carbonyl (C=O) groups is 2. The van der Waals surface area contributed by atoms with E-state index in [9.17, 15) is 23.5 Å². The molecule has 2 aliphatic heterocycles. The van der Waals surface area contributed by atoms with Gasteiger partial charge in [0.2, 0.25) is 0 Å². The summed E-state index contributed by atoms with van der Waals surface area (Å²) in [6.07, 6.45) is 1.23. The van der Waals surface area contributed by atoms with Gasteiger partial charge in [-0.05, 0) is 42.7 Å². The van der Waals surface area contributed by atoms with Gasteiger partial charge in [-0.2, -0.15) is 0 Å². The quantitative estimate of drug-likeness (QED) is 0.543. The highest BCUT2D eigenvalue weighted by Gasteiger charge is 2.26. The van der Waals surface area contributed by atoms with Crippen molar-refractivity contribution >= 4 is 23.4 Å². The Labute approximate surface area is 212 Å². The number of phenolic OH excluding ortho intramolecular Hbond substituents is 1. The molecule has 0 saturated heterocycles. The number of aromatic hydroxyl groups is 1. The number of hydrogen-bond acceptors (Lipinski definition) is 4. The van der Waals surface area contributed by atoms with Crippen LogP contribution in [0.1, 0.15) is 37.4 Å². The smallest absolute Gasteiger partial charge is 0.254 e. The van der Waals surface area contributed by atoms with Crippen molar-refractivity contribution < 1.29 is 28.2 Å². The van der Waals surface area contributed by atoms with E-state index in [1.54, 1.807) is 31.1 Å². The molecule has 5 rings (SSSR count). The Kier molecular flexibility index (Phi) is 7.45. The van der Waals surface area contributed by atoms with Gasteiger partial charge in [0.15, 0.2) is 0 Å². The molecule has 0 radical (unpaired) electrons. The normalized spacial score (nSPS) is 14.6. The molecular formula is C27H25ClF2N2O4. The second-order valence-electron chi connectivity index (χ2n) is 8.75. The van der Waals surface area contributed by atoms with Crippen LogP contribution in [-0.2, 0) is 19.4 Å². The van der Waals surface area contributed by atoms with Gasteiger partial charge in [0.05, 0.1) is 0 Å². The molecule has 188 valence electrons. The van der Waals surface area contributed by atoms with Crippen molar-refractivity contribution in [3.8, 4) is 11.5 Å². The van der Waals surface area contributed by atoms with Crippen LogP contribution in [0.5, 0.6) is 11.5 Å². The van der Waals surface area contributed by atoms with Crippen LogP contribution >= 0.6 is 11.6 Å². The number of ether oxygens (including phenoxy) is 1. The van der Waals surface area contributed by atoms with Crippen LogP contribution in [0.25, 0.3) is 0 Å². The number of nitrogens with zero attached hydrogens (tertiary/aromatic N) is 2. The van der Waals surface area contributed by atoms with E-state index >= 15 is 0 Å². The molecule has 0 fully saturated rings. The molecule has 3 aromatic carbocycles. The van der Waals surface area contributed by atoms with E-state index in [4.69, 9.17) is 16.3 Å². The van der Waals surface area contributed by atoms with Gasteiger partial charge in [0.25, 0.3) is 11.8 Å². The number of benzene rings is 3. The maximum Gasteiger partial charge on any atom is 0.254 e. The fourth-order valence-corrected chi connectivity index (χ4v) is 4.31. The lowest BCUT2D eigenvalue weighted by molar-refractivity contribution is 0.0771. The Morgan fingerprint density at radius 3 is 2.00 bits per heavy atom. The minimum absolute atomic E-state index is 0.124. The molecule has 2 aliphatic rings. The Bertz CT molecular complexity index is 1310. The summed E-state index contributed by atoms with van der Waals surface area (Å²) < 4.78 is 32.4. The average molecular weight is 515 g/mol. The molecule has 0 saturated carbocycles. The predicted molar refractivity (Wildman–Crippen MR) is 132 cm³/mol. The standard InChI is InChI=1S/C17H15ClFNO2.C10H10FNO2/c1-20-7-6-14-15(17(20)21)8-13(19)9-16(14)22-10-11-2-4-12(18)5-3-11;1-12-3-2-7-8(10(12)14)4-6(11)5-9(7)13/h2-5,8-9H,6-7,10H2,1H3;4-5,13H,2-3H2,1H3. The van der Waals surface area contributed by atoms with Crippen molar-refractivity contribution in [1.29, 1.82) is 0 Å². The fourth-order valence-electron chi connectivity index (χ4n) is 4.18. The first kappa shape index (κ1) is 25.4. The number of carbonyl (C=O) groups excluding carboxylic acids is 2. The average Bonchev–Trinajstić information content (AvgIpc) is 2.84. The van der Waals surface area contributed by atoms with Crippen molar-refractivity contribution in [3.63, 3.8) is 0 Å². The van der Waals surface area contributed by atoms with Crippen LogP contribution in [0.15, 0.2) is 48.5 Å². The maximum atomic E-state index is 13.8. The lowest BCUT2D eigenvalue weighted by Crippen LogP contribution is -2.34. The molecule has 36 heavy (non-hydrogen) atoms. The summed E-state index contributed by atoms with van der Waals surface area (Å²) >= 11 is 5.84. The van der Waals surface area contributed by atoms with E-state index in [0.717, 1.165) is 17.2 Å². The molecule has 2 amide bonds. The van der Waals surface area contributed by atoms with Gasteiger partial charge < -0.3 is 19.6 Å². The van der Waals surface area contributed by atoms with Gasteiger partial charge >= 0.3 is 0 Å². The number of hydrogen-bond donors (Lipinski definition) is 1. The zero-order valence-electron chi connectivity index (χ0n) is 19.9. The van der Waals surface area contributed by atoms with Crippen LogP contribution in [0.2, 0.25) is 5.02 Å². The van der Waals surface area contributed by atoms with Gasteiger partial charge in [-0.25, -0.2) is 8.78 Å². The third-order valence-corrected chi connectivity index (χ3v) is 6.47. The summed E-state index contributed by atoms with van der Waals surface area (Å²) in [6, 6.07) is 12.1. The summed E-state index contributed by atoms with van der Waals surface area (Å²) in [5.41, 5.74) is 2.92. The number of halogens is 3. The molecule has 1 N–H and O–H groups in total. The molecule has 0 unspecified atom stereocenters. The minimum atomic E-state index is -0.579. The largest absolute Gasteiger partial charge is 0.508 e. The van der Waals surface area contributed by atoms with E-state index in [1.165, 1.54) is 23.1 Å². The third kappa shape index (κ3) is 5.44. The van der Waals surface area contributed by atoms with E-state index in [-0.39, 0.29) is 23.1 Å². The first-order valence-corrected chi connectivity index (χ1v) is 11.7. The van der Waals surface area contributed by atoms with Gasteiger partial charge in [-0.3, -0.25) is 9.59 Å². The number of phenols is 1. The third-order valence-electron chi connectivity index (χ3n) is 6.22. The van der Waals surface area contributed by atoms with E-state index < -0.39 is 11.6 Å². The van der Waals surface area contributed by atoms with Crippen LogP contribution in [0, 0.1) is 11.6 Å². The molecule has 0 aromatic heterocycles. The SMILES string of the molecule is CN1CCc2c(O)cc(F)cc2C1=O.CN1CCc2c(OCc3ccc(Cl)cc3)cc(F)cc2C1=O. The predicted octanol–water partition coefficient (Wildman–Crippen LogP) is 4.85. The zero-order valence-corrected chi connectivity index (χ0v) is 20.6. The lowest BCUT2D eigenvalue weighted by Gasteiger charge is -2.26. The second kappa shape index (κ2) is 10.5. The molecule has 0 spiro atoms. The highest BCUT2D eigenvalue weighted by Crippen LogP contribution is 2.30. The van der Waals surface area contributed by atoms with Crippen LogP contribution in [0.4, 0.5) is 8.78 Å². The molecule has 0 aliphatic carbocycles. The molecular weight excluding hydrogens is 490 g/mol. The number of fused-ring (bicyclic) bond motifs is 2. The highest BCUT2D eigenvalue weighted by atomic mass is 35.5. The molecule has 9 heteroatoms. The molecule has 6 nitrogen and oxygen atoms in total.